The van der Waals surface area contributed by atoms with Crippen LogP contribution in [0.25, 0.3) is 10.7 Å². The summed E-state index contributed by atoms with van der Waals surface area (Å²) in [7, 11) is 0. The molecular formula is C19H21N5OS3. The van der Waals surface area contributed by atoms with Gasteiger partial charge < -0.3 is 0 Å². The number of nitrogens with one attached hydrogen (secondary N) is 2. The van der Waals surface area contributed by atoms with Gasteiger partial charge in [-0.25, -0.2) is 4.98 Å². The number of benzene rings is 1. The number of nitrogens with zero attached hydrogens (tertiary/aromatic N) is 3. The van der Waals surface area contributed by atoms with Crippen molar-refractivity contribution in [3.05, 3.63) is 52.9 Å². The van der Waals surface area contributed by atoms with Crippen LogP contribution in [-0.2, 0) is 6.54 Å². The maximum atomic E-state index is 12.6. The van der Waals surface area contributed by atoms with Gasteiger partial charge in [-0.05, 0) is 43.4 Å². The summed E-state index contributed by atoms with van der Waals surface area (Å²) in [5.41, 5.74) is 1.38. The van der Waals surface area contributed by atoms with Crippen molar-refractivity contribution in [1.82, 2.24) is 19.7 Å². The summed E-state index contributed by atoms with van der Waals surface area (Å²) in [6.07, 6.45) is 1.76. The number of H-pyrrole nitrogens is 1. The highest BCUT2D eigenvalue weighted by Crippen LogP contribution is 2.32. The van der Waals surface area contributed by atoms with Crippen LogP contribution in [0.5, 0.6) is 0 Å². The zero-order valence-electron chi connectivity index (χ0n) is 15.9. The molecule has 2 aromatic heterocycles. The summed E-state index contributed by atoms with van der Waals surface area (Å²) in [5.74, 6) is 0.502. The fourth-order valence-electron chi connectivity index (χ4n) is 2.57. The molecule has 0 bridgehead atoms. The molecule has 0 aliphatic carbocycles. The lowest BCUT2D eigenvalue weighted by Gasteiger charge is -2.06. The summed E-state index contributed by atoms with van der Waals surface area (Å²) in [4.78, 5) is 19.0. The van der Waals surface area contributed by atoms with E-state index in [9.17, 15) is 4.79 Å². The van der Waals surface area contributed by atoms with E-state index in [1.54, 1.807) is 17.8 Å². The first-order valence-corrected chi connectivity index (χ1v) is 10.8. The van der Waals surface area contributed by atoms with Crippen LogP contribution in [0.15, 0.2) is 41.8 Å². The molecule has 146 valence electrons. The maximum absolute atomic E-state index is 12.6. The highest BCUT2D eigenvalue weighted by molar-refractivity contribution is 7.99. The summed E-state index contributed by atoms with van der Waals surface area (Å²) >= 11 is 8.40. The molecule has 0 atom stereocenters. The monoisotopic (exact) mass is 431 g/mol. The van der Waals surface area contributed by atoms with Crippen molar-refractivity contribution in [2.45, 2.75) is 37.5 Å². The van der Waals surface area contributed by atoms with Crippen LogP contribution in [0.2, 0.25) is 0 Å². The van der Waals surface area contributed by atoms with Crippen molar-refractivity contribution < 1.29 is 4.79 Å². The molecular weight excluding hydrogens is 410 g/mol. The lowest BCUT2D eigenvalue weighted by Crippen LogP contribution is -2.11. The quantitative estimate of drug-likeness (QED) is 0.301. The van der Waals surface area contributed by atoms with Crippen LogP contribution in [0.1, 0.15) is 29.9 Å². The van der Waals surface area contributed by atoms with E-state index in [4.69, 9.17) is 12.2 Å². The topological polar surface area (TPSA) is 75.6 Å². The van der Waals surface area contributed by atoms with E-state index in [0.717, 1.165) is 15.5 Å². The Balaban J connectivity index is 1.79. The van der Waals surface area contributed by atoms with Crippen molar-refractivity contribution in [2.24, 2.45) is 0 Å². The minimum Gasteiger partial charge on any atom is -0.298 e. The molecule has 0 saturated carbocycles. The average Bonchev–Trinajstić information content (AvgIpc) is 3.18. The predicted molar refractivity (Wildman–Crippen MR) is 119 cm³/mol. The van der Waals surface area contributed by atoms with Gasteiger partial charge in [-0.3, -0.25) is 19.8 Å². The summed E-state index contributed by atoms with van der Waals surface area (Å²) in [6.45, 7) is 10.5. The Kier molecular flexibility index (Phi) is 6.48. The first-order chi connectivity index (χ1) is 13.4. The number of carbonyl (C=O) groups excluding carboxylic acids is 1. The van der Waals surface area contributed by atoms with Crippen LogP contribution in [0.4, 0.5) is 5.13 Å². The van der Waals surface area contributed by atoms with Gasteiger partial charge in [0, 0.05) is 22.3 Å². The maximum Gasteiger partial charge on any atom is 0.257 e. The highest BCUT2D eigenvalue weighted by atomic mass is 32.2. The van der Waals surface area contributed by atoms with E-state index in [0.29, 0.717) is 33.1 Å². The third-order valence-corrected chi connectivity index (χ3v) is 6.17. The molecule has 2 heterocycles. The lowest BCUT2D eigenvalue weighted by molar-refractivity contribution is 0.102. The van der Waals surface area contributed by atoms with Crippen molar-refractivity contribution >= 4 is 46.4 Å². The minimum absolute atomic E-state index is 0.189. The Morgan fingerprint density at radius 2 is 2.14 bits per heavy atom. The fraction of sp³-hybridized carbons (Fsp3) is 0.263. The average molecular weight is 432 g/mol. The molecule has 3 aromatic rings. The van der Waals surface area contributed by atoms with Crippen molar-refractivity contribution in [1.29, 1.82) is 0 Å². The molecule has 28 heavy (non-hydrogen) atoms. The zero-order chi connectivity index (χ0) is 20.3. The molecule has 1 amide bonds. The number of rotatable bonds is 7. The number of anilines is 1. The largest absolute Gasteiger partial charge is 0.298 e. The van der Waals surface area contributed by atoms with E-state index in [2.05, 4.69) is 40.9 Å². The second kappa shape index (κ2) is 8.85. The Morgan fingerprint density at radius 3 is 2.79 bits per heavy atom. The zero-order valence-corrected chi connectivity index (χ0v) is 18.3. The van der Waals surface area contributed by atoms with Gasteiger partial charge in [0.15, 0.2) is 15.7 Å². The number of hydrogen-bond acceptors (Lipinski definition) is 6. The molecule has 0 fully saturated rings. The summed E-state index contributed by atoms with van der Waals surface area (Å²) in [5, 5.41) is 11.0. The third kappa shape index (κ3) is 4.60. The van der Waals surface area contributed by atoms with Crippen molar-refractivity contribution in [3.8, 4) is 10.7 Å². The molecule has 2 N–H and O–H groups in total. The van der Waals surface area contributed by atoms with Crippen LogP contribution < -0.4 is 5.32 Å². The number of allylic oxidation sites excluding steroid dienone is 1. The molecule has 6 nitrogen and oxygen atoms in total. The number of aromatic nitrogens is 4. The summed E-state index contributed by atoms with van der Waals surface area (Å²) < 4.78 is 2.37. The molecule has 9 heteroatoms. The number of thioether (sulfide) groups is 1. The van der Waals surface area contributed by atoms with Gasteiger partial charge in [0.05, 0.1) is 10.6 Å². The Labute approximate surface area is 177 Å². The van der Waals surface area contributed by atoms with Crippen LogP contribution in [0.3, 0.4) is 0 Å². The Hall–Kier alpha value is -2.23. The van der Waals surface area contributed by atoms with Crippen LogP contribution in [0, 0.1) is 11.7 Å². The number of thiazole rings is 1. The Bertz CT molecular complexity index is 1050. The molecule has 0 spiro atoms. The summed E-state index contributed by atoms with van der Waals surface area (Å²) in [6, 6.07) is 7.59. The van der Waals surface area contributed by atoms with Gasteiger partial charge in [0.25, 0.3) is 5.91 Å². The number of hydrogen-bond donors (Lipinski definition) is 2. The molecule has 3 rings (SSSR count). The van der Waals surface area contributed by atoms with E-state index in [1.807, 2.05) is 35.8 Å². The molecule has 0 unspecified atom stereocenters. The van der Waals surface area contributed by atoms with Crippen molar-refractivity contribution in [2.75, 3.05) is 5.32 Å². The van der Waals surface area contributed by atoms with Gasteiger partial charge in [-0.2, -0.15) is 5.10 Å². The standard InChI is InChI=1S/C19H21N5OS3/c1-5-10-24-16(22-23-19(24)26)15-12(4)20-18(28-15)21-17(25)13-6-8-14(9-7-13)27-11(2)3/h5-9,11H,1,10H2,2-4H3,(H,23,26)(H,20,21,25). The normalized spacial score (nSPS) is 11.0. The first-order valence-electron chi connectivity index (χ1n) is 8.71. The first kappa shape index (κ1) is 20.5. The van der Waals surface area contributed by atoms with Crippen molar-refractivity contribution in [3.63, 3.8) is 0 Å². The van der Waals surface area contributed by atoms with E-state index in [-0.39, 0.29) is 5.91 Å². The predicted octanol–water partition coefficient (Wildman–Crippen LogP) is 5.31. The molecule has 0 saturated heterocycles. The second-order valence-electron chi connectivity index (χ2n) is 6.33. The lowest BCUT2D eigenvalue weighted by atomic mass is 10.2. The molecule has 0 aliphatic heterocycles. The third-order valence-electron chi connectivity index (χ3n) is 3.78. The van der Waals surface area contributed by atoms with Gasteiger partial charge in [0.1, 0.15) is 0 Å². The van der Waals surface area contributed by atoms with Gasteiger partial charge in [-0.15, -0.1) is 18.3 Å². The molecule has 0 aliphatic rings. The minimum atomic E-state index is -0.189. The van der Waals surface area contributed by atoms with Crippen LogP contribution >= 0.6 is 35.3 Å². The fourth-order valence-corrected chi connectivity index (χ4v) is 4.58. The van der Waals surface area contributed by atoms with Gasteiger partial charge in [0.2, 0.25) is 0 Å². The van der Waals surface area contributed by atoms with Crippen LogP contribution in [-0.4, -0.2) is 30.9 Å². The van der Waals surface area contributed by atoms with Gasteiger partial charge >= 0.3 is 0 Å². The van der Waals surface area contributed by atoms with E-state index in [1.165, 1.54) is 11.3 Å². The number of carbonyl (C=O) groups is 1. The smallest absolute Gasteiger partial charge is 0.257 e. The second-order valence-corrected chi connectivity index (χ2v) is 9.37. The van der Waals surface area contributed by atoms with Gasteiger partial charge in [-0.1, -0.05) is 31.3 Å². The number of aryl methyl sites for hydroxylation is 1. The van der Waals surface area contributed by atoms with E-state index >= 15 is 0 Å². The number of amides is 1. The van der Waals surface area contributed by atoms with E-state index < -0.39 is 0 Å². The highest BCUT2D eigenvalue weighted by Gasteiger charge is 2.17. The molecule has 1 aromatic carbocycles. The number of aromatic amines is 1. The SMILES string of the molecule is C=CCn1c(-c2sc(NC(=O)c3ccc(SC(C)C)cc3)nc2C)n[nH]c1=S. The Morgan fingerprint density at radius 1 is 1.43 bits per heavy atom. The molecule has 0 radical (unpaired) electrons.